The minimum absolute atomic E-state index is 0.0284. The standard InChI is InChI=1S/C11H23N3O2S2/c1-4-14-7-5-6-10(14)8-13(3)18(15,16)9(2)11(12)17/h9-10H,4-8H2,1-3H3,(H2,12,17). The second-order valence-electron chi connectivity index (χ2n) is 4.79. The van der Waals surface area contributed by atoms with Crippen molar-refractivity contribution >= 4 is 27.2 Å². The summed E-state index contributed by atoms with van der Waals surface area (Å²) < 4.78 is 25.8. The van der Waals surface area contributed by atoms with E-state index in [2.05, 4.69) is 11.8 Å². The maximum atomic E-state index is 12.2. The largest absolute Gasteiger partial charge is 0.392 e. The number of nitrogens with zero attached hydrogens (tertiary/aromatic N) is 2. The van der Waals surface area contributed by atoms with Gasteiger partial charge >= 0.3 is 0 Å². The van der Waals surface area contributed by atoms with Gasteiger partial charge in [-0.2, -0.15) is 0 Å². The Morgan fingerprint density at radius 3 is 2.72 bits per heavy atom. The van der Waals surface area contributed by atoms with Crippen LogP contribution in [0.2, 0.25) is 0 Å². The van der Waals surface area contributed by atoms with Crippen LogP contribution in [-0.4, -0.2) is 60.6 Å². The topological polar surface area (TPSA) is 66.6 Å². The summed E-state index contributed by atoms with van der Waals surface area (Å²) >= 11 is 4.78. The van der Waals surface area contributed by atoms with Crippen LogP contribution in [0.4, 0.5) is 0 Å². The molecule has 2 N–H and O–H groups in total. The predicted octanol–water partition coefficient (Wildman–Crippen LogP) is 0.407. The zero-order chi connectivity index (χ0) is 13.9. The number of hydrogen-bond acceptors (Lipinski definition) is 4. The van der Waals surface area contributed by atoms with E-state index >= 15 is 0 Å². The summed E-state index contributed by atoms with van der Waals surface area (Å²) in [5, 5.41) is -0.797. The Kier molecular flexibility index (Phi) is 5.51. The van der Waals surface area contributed by atoms with Crippen molar-refractivity contribution in [1.82, 2.24) is 9.21 Å². The van der Waals surface area contributed by atoms with Crippen LogP contribution in [0.25, 0.3) is 0 Å². The number of thiocarbonyl (C=S) groups is 1. The second kappa shape index (κ2) is 6.27. The third-order valence-electron chi connectivity index (χ3n) is 3.65. The van der Waals surface area contributed by atoms with Gasteiger partial charge in [0.1, 0.15) is 5.25 Å². The fourth-order valence-corrected chi connectivity index (χ4v) is 3.91. The van der Waals surface area contributed by atoms with Gasteiger partial charge in [0.25, 0.3) is 0 Å². The molecule has 18 heavy (non-hydrogen) atoms. The van der Waals surface area contributed by atoms with Gasteiger partial charge in [-0.1, -0.05) is 19.1 Å². The fourth-order valence-electron chi connectivity index (χ4n) is 2.34. The van der Waals surface area contributed by atoms with E-state index in [-0.39, 0.29) is 4.99 Å². The van der Waals surface area contributed by atoms with Gasteiger partial charge in [0.15, 0.2) is 0 Å². The SMILES string of the molecule is CCN1CCCC1CN(C)S(=O)(=O)C(C)C(N)=S. The van der Waals surface area contributed by atoms with Crippen LogP contribution in [0.1, 0.15) is 26.7 Å². The quantitative estimate of drug-likeness (QED) is 0.718. The fraction of sp³-hybridized carbons (Fsp3) is 0.909. The molecule has 1 aliphatic heterocycles. The highest BCUT2D eigenvalue weighted by Crippen LogP contribution is 2.19. The van der Waals surface area contributed by atoms with Crippen molar-refractivity contribution in [2.75, 3.05) is 26.7 Å². The Bertz CT molecular complexity index is 397. The Morgan fingerprint density at radius 1 is 1.61 bits per heavy atom. The third-order valence-corrected chi connectivity index (χ3v) is 6.32. The molecule has 0 bridgehead atoms. The number of likely N-dealkylation sites (tertiary alicyclic amines) is 1. The summed E-state index contributed by atoms with van der Waals surface area (Å²) in [4.78, 5) is 2.35. The molecule has 7 heteroatoms. The summed E-state index contributed by atoms with van der Waals surface area (Å²) in [5.74, 6) is 0. The Labute approximate surface area is 115 Å². The lowest BCUT2D eigenvalue weighted by Gasteiger charge is -2.28. The molecule has 1 saturated heterocycles. The maximum absolute atomic E-state index is 12.2. The number of rotatable bonds is 6. The van der Waals surface area contributed by atoms with Crippen LogP contribution in [0, 0.1) is 0 Å². The number of sulfonamides is 1. The van der Waals surface area contributed by atoms with Gasteiger partial charge in [0.05, 0.1) is 4.99 Å². The van der Waals surface area contributed by atoms with Gasteiger partial charge < -0.3 is 5.73 Å². The van der Waals surface area contributed by atoms with E-state index in [0.717, 1.165) is 25.9 Å². The van der Waals surface area contributed by atoms with Crippen LogP contribution in [0.15, 0.2) is 0 Å². The summed E-state index contributed by atoms with van der Waals surface area (Å²) in [6.45, 7) is 6.18. The first-order valence-corrected chi connectivity index (χ1v) is 8.20. The Morgan fingerprint density at radius 2 is 2.22 bits per heavy atom. The molecule has 0 radical (unpaired) electrons. The van der Waals surface area contributed by atoms with Crippen LogP contribution < -0.4 is 5.73 Å². The molecule has 0 aromatic heterocycles. The molecule has 106 valence electrons. The second-order valence-corrected chi connectivity index (χ2v) is 7.63. The molecule has 2 atom stereocenters. The highest BCUT2D eigenvalue weighted by molar-refractivity contribution is 7.92. The van der Waals surface area contributed by atoms with E-state index < -0.39 is 15.3 Å². The van der Waals surface area contributed by atoms with E-state index in [4.69, 9.17) is 18.0 Å². The summed E-state index contributed by atoms with van der Waals surface area (Å²) in [6, 6.07) is 0.313. The van der Waals surface area contributed by atoms with Crippen molar-refractivity contribution in [2.45, 2.75) is 38.0 Å². The number of hydrogen-bond donors (Lipinski definition) is 1. The van der Waals surface area contributed by atoms with Gasteiger partial charge in [-0.25, -0.2) is 12.7 Å². The van der Waals surface area contributed by atoms with Crippen LogP contribution in [0.3, 0.4) is 0 Å². The number of likely N-dealkylation sites (N-methyl/N-ethyl adjacent to an activating group) is 2. The van der Waals surface area contributed by atoms with Gasteiger partial charge in [-0.3, -0.25) is 4.90 Å². The van der Waals surface area contributed by atoms with Gasteiger partial charge in [-0.15, -0.1) is 0 Å². The molecule has 1 aliphatic rings. The first kappa shape index (κ1) is 15.8. The van der Waals surface area contributed by atoms with E-state index in [1.165, 1.54) is 4.31 Å². The maximum Gasteiger partial charge on any atom is 0.223 e. The lowest BCUT2D eigenvalue weighted by molar-refractivity contribution is 0.237. The number of nitrogens with two attached hydrogens (primary N) is 1. The molecule has 1 fully saturated rings. The Balaban J connectivity index is 2.70. The van der Waals surface area contributed by atoms with E-state index in [0.29, 0.717) is 12.6 Å². The lowest BCUT2D eigenvalue weighted by atomic mass is 10.2. The average Bonchev–Trinajstić information content (AvgIpc) is 2.74. The highest BCUT2D eigenvalue weighted by Gasteiger charge is 2.32. The highest BCUT2D eigenvalue weighted by atomic mass is 32.2. The van der Waals surface area contributed by atoms with Crippen molar-refractivity contribution in [2.24, 2.45) is 5.73 Å². The van der Waals surface area contributed by atoms with Crippen molar-refractivity contribution in [3.63, 3.8) is 0 Å². The van der Waals surface area contributed by atoms with E-state index in [9.17, 15) is 8.42 Å². The van der Waals surface area contributed by atoms with E-state index in [1.807, 2.05) is 0 Å². The van der Waals surface area contributed by atoms with Gasteiger partial charge in [0, 0.05) is 19.6 Å². The Hall–Kier alpha value is -0.240. The smallest absolute Gasteiger partial charge is 0.223 e. The van der Waals surface area contributed by atoms with E-state index in [1.54, 1.807) is 14.0 Å². The molecule has 0 saturated carbocycles. The van der Waals surface area contributed by atoms with Crippen molar-refractivity contribution in [3.05, 3.63) is 0 Å². The average molecular weight is 293 g/mol. The molecule has 0 aromatic carbocycles. The molecular formula is C11H23N3O2S2. The molecule has 5 nitrogen and oxygen atoms in total. The third kappa shape index (κ3) is 3.40. The first-order chi connectivity index (χ1) is 8.30. The van der Waals surface area contributed by atoms with Crippen molar-refractivity contribution in [3.8, 4) is 0 Å². The molecule has 0 aromatic rings. The molecular weight excluding hydrogens is 270 g/mol. The van der Waals surface area contributed by atoms with Crippen LogP contribution in [-0.2, 0) is 10.0 Å². The molecule has 0 spiro atoms. The van der Waals surface area contributed by atoms with Crippen molar-refractivity contribution < 1.29 is 8.42 Å². The van der Waals surface area contributed by atoms with Gasteiger partial charge in [0.2, 0.25) is 10.0 Å². The summed E-state index contributed by atoms with van der Waals surface area (Å²) in [7, 11) is -1.81. The van der Waals surface area contributed by atoms with Gasteiger partial charge in [-0.05, 0) is 32.9 Å². The molecule has 1 heterocycles. The van der Waals surface area contributed by atoms with Crippen molar-refractivity contribution in [1.29, 1.82) is 0 Å². The van der Waals surface area contributed by atoms with Crippen LogP contribution in [0.5, 0.6) is 0 Å². The lowest BCUT2D eigenvalue weighted by Crippen LogP contribution is -2.46. The zero-order valence-electron chi connectivity index (χ0n) is 11.3. The summed E-state index contributed by atoms with van der Waals surface area (Å²) in [5.41, 5.74) is 5.44. The first-order valence-electron chi connectivity index (χ1n) is 6.29. The molecule has 0 amide bonds. The minimum atomic E-state index is -3.42. The molecule has 2 unspecified atom stereocenters. The summed E-state index contributed by atoms with van der Waals surface area (Å²) in [6.07, 6.45) is 2.19. The normalized spacial score (nSPS) is 23.4. The zero-order valence-corrected chi connectivity index (χ0v) is 12.9. The monoisotopic (exact) mass is 293 g/mol. The predicted molar refractivity (Wildman–Crippen MR) is 78.1 cm³/mol. The minimum Gasteiger partial charge on any atom is -0.392 e. The van der Waals surface area contributed by atoms with Crippen LogP contribution >= 0.6 is 12.2 Å². The molecule has 0 aliphatic carbocycles. The molecule has 1 rings (SSSR count).